The molecular weight excluding hydrogens is 386 g/mol. The first-order valence-corrected chi connectivity index (χ1v) is 10.7. The third-order valence-corrected chi connectivity index (χ3v) is 6.44. The Hall–Kier alpha value is -3.50. The second kappa shape index (κ2) is 7.39. The summed E-state index contributed by atoms with van der Waals surface area (Å²) in [4.78, 5) is 2.44. The van der Waals surface area contributed by atoms with Gasteiger partial charge in [-0.25, -0.2) is 4.68 Å². The molecule has 0 N–H and O–H groups in total. The first-order valence-electron chi connectivity index (χ1n) is 9.89. The van der Waals surface area contributed by atoms with E-state index in [1.807, 2.05) is 28.9 Å². The van der Waals surface area contributed by atoms with E-state index in [9.17, 15) is 0 Å². The Morgan fingerprint density at radius 1 is 0.800 bits per heavy atom. The van der Waals surface area contributed by atoms with Crippen LogP contribution in [0.25, 0.3) is 33.4 Å². The molecule has 2 heterocycles. The highest BCUT2D eigenvalue weighted by atomic mass is 32.1. The Bertz CT molecular complexity index is 1360. The number of hydrogen-bond donors (Lipinski definition) is 0. The number of para-hydroxylation sites is 1. The first kappa shape index (κ1) is 18.5. The fourth-order valence-electron chi connectivity index (χ4n) is 3.96. The van der Waals surface area contributed by atoms with Gasteiger partial charge in [0.1, 0.15) is 5.52 Å². The van der Waals surface area contributed by atoms with E-state index in [1.165, 1.54) is 20.9 Å². The van der Waals surface area contributed by atoms with Gasteiger partial charge < -0.3 is 0 Å². The molecule has 3 aromatic carbocycles. The minimum atomic E-state index is 0.893. The van der Waals surface area contributed by atoms with E-state index in [0.29, 0.717) is 0 Å². The molecule has 0 atom stereocenters. The molecule has 4 heteroatoms. The van der Waals surface area contributed by atoms with Crippen molar-refractivity contribution in [2.45, 2.75) is 13.8 Å². The molecule has 2 aromatic heterocycles. The van der Waals surface area contributed by atoms with Crippen LogP contribution in [0.5, 0.6) is 0 Å². The summed E-state index contributed by atoms with van der Waals surface area (Å²) in [6.45, 7) is 8.76. The van der Waals surface area contributed by atoms with Gasteiger partial charge in [-0.3, -0.25) is 0 Å². The fourth-order valence-corrected chi connectivity index (χ4v) is 5.02. The number of thiophene rings is 1. The molecule has 5 rings (SSSR count). The third-order valence-electron chi connectivity index (χ3n) is 5.43. The van der Waals surface area contributed by atoms with Crippen LogP contribution in [0.2, 0.25) is 0 Å². The Balaban J connectivity index is 1.59. The van der Waals surface area contributed by atoms with Crippen LogP contribution < -0.4 is 0 Å². The quantitative estimate of drug-likeness (QED) is 0.327. The summed E-state index contributed by atoms with van der Waals surface area (Å²) >= 11 is 1.78. The van der Waals surface area contributed by atoms with Crippen molar-refractivity contribution in [1.82, 2.24) is 15.0 Å². The van der Waals surface area contributed by atoms with E-state index in [0.717, 1.165) is 33.4 Å². The molecule has 146 valence electrons. The normalized spacial score (nSPS) is 11.1. The number of fused-ring (bicyclic) bond motifs is 1. The van der Waals surface area contributed by atoms with Gasteiger partial charge in [-0.15, -0.1) is 16.4 Å². The number of hydrogen-bond acceptors (Lipinski definition) is 3. The summed E-state index contributed by atoms with van der Waals surface area (Å²) in [6, 6.07) is 27.1. The SMILES string of the molecule is C=C(c1ccc(-c2ccccc2)cc1)c1c(C)sc(C)c1-n1nnc2ccccc21. The van der Waals surface area contributed by atoms with Gasteiger partial charge in [0.25, 0.3) is 0 Å². The summed E-state index contributed by atoms with van der Waals surface area (Å²) in [7, 11) is 0. The maximum Gasteiger partial charge on any atom is 0.113 e. The first-order chi connectivity index (χ1) is 14.6. The number of aromatic nitrogens is 3. The molecule has 0 aliphatic carbocycles. The molecule has 0 bridgehead atoms. The van der Waals surface area contributed by atoms with Gasteiger partial charge in [-0.2, -0.15) is 0 Å². The average Bonchev–Trinajstić information content (AvgIpc) is 3.33. The Morgan fingerprint density at radius 2 is 1.47 bits per heavy atom. The van der Waals surface area contributed by atoms with Gasteiger partial charge in [0, 0.05) is 15.3 Å². The van der Waals surface area contributed by atoms with Gasteiger partial charge in [-0.1, -0.05) is 78.5 Å². The van der Waals surface area contributed by atoms with Gasteiger partial charge >= 0.3 is 0 Å². The molecule has 0 aliphatic rings. The highest BCUT2D eigenvalue weighted by Gasteiger charge is 2.21. The van der Waals surface area contributed by atoms with Crippen LogP contribution in [-0.2, 0) is 0 Å². The average molecular weight is 408 g/mol. The molecule has 0 saturated heterocycles. The van der Waals surface area contributed by atoms with Crippen molar-refractivity contribution < 1.29 is 0 Å². The Kier molecular flexibility index (Phi) is 4.57. The Morgan fingerprint density at radius 3 is 2.23 bits per heavy atom. The van der Waals surface area contributed by atoms with Crippen LogP contribution in [0.4, 0.5) is 0 Å². The summed E-state index contributed by atoms with van der Waals surface area (Å²) in [6.07, 6.45) is 0. The lowest BCUT2D eigenvalue weighted by Crippen LogP contribution is -2.01. The lowest BCUT2D eigenvalue weighted by molar-refractivity contribution is 0.821. The summed E-state index contributed by atoms with van der Waals surface area (Å²) in [5, 5.41) is 8.81. The third kappa shape index (κ3) is 3.06. The fraction of sp³-hybridized carbons (Fsp3) is 0.0769. The van der Waals surface area contributed by atoms with Crippen molar-refractivity contribution in [3.05, 3.63) is 106 Å². The number of benzene rings is 3. The molecule has 30 heavy (non-hydrogen) atoms. The topological polar surface area (TPSA) is 30.7 Å². The zero-order chi connectivity index (χ0) is 20.7. The van der Waals surface area contributed by atoms with E-state index in [2.05, 4.69) is 85.3 Å². The molecule has 0 spiro atoms. The van der Waals surface area contributed by atoms with Crippen LogP contribution >= 0.6 is 11.3 Å². The van der Waals surface area contributed by atoms with Crippen molar-refractivity contribution >= 4 is 27.9 Å². The maximum atomic E-state index is 4.47. The minimum Gasteiger partial charge on any atom is -0.211 e. The predicted octanol–water partition coefficient (Wildman–Crippen LogP) is 6.83. The van der Waals surface area contributed by atoms with Crippen molar-refractivity contribution in [2.24, 2.45) is 0 Å². The maximum absolute atomic E-state index is 4.47. The van der Waals surface area contributed by atoms with Crippen LogP contribution in [0.15, 0.2) is 85.4 Å². The summed E-state index contributed by atoms with van der Waals surface area (Å²) in [5.74, 6) is 0. The molecule has 0 fully saturated rings. The van der Waals surface area contributed by atoms with Crippen LogP contribution in [-0.4, -0.2) is 15.0 Å². The minimum absolute atomic E-state index is 0.893. The molecule has 5 aromatic rings. The standard InChI is InChI=1S/C26H21N3S/c1-17(20-13-15-22(16-14-20)21-9-5-4-6-10-21)25-18(2)30-19(3)26(25)29-24-12-8-7-11-23(24)27-28-29/h4-16H,1H2,2-3H3. The van der Waals surface area contributed by atoms with Crippen LogP contribution in [0, 0.1) is 13.8 Å². The zero-order valence-corrected chi connectivity index (χ0v) is 17.8. The van der Waals surface area contributed by atoms with E-state index in [1.54, 1.807) is 11.3 Å². The van der Waals surface area contributed by atoms with Crippen molar-refractivity contribution in [2.75, 3.05) is 0 Å². The smallest absolute Gasteiger partial charge is 0.113 e. The molecule has 0 radical (unpaired) electrons. The van der Waals surface area contributed by atoms with Crippen LogP contribution in [0.1, 0.15) is 20.9 Å². The number of nitrogens with zero attached hydrogens (tertiary/aromatic N) is 3. The molecule has 0 unspecified atom stereocenters. The molecule has 0 amide bonds. The zero-order valence-electron chi connectivity index (χ0n) is 17.0. The van der Waals surface area contributed by atoms with Crippen molar-refractivity contribution in [1.29, 1.82) is 0 Å². The van der Waals surface area contributed by atoms with Gasteiger partial charge in [0.2, 0.25) is 0 Å². The van der Waals surface area contributed by atoms with Crippen molar-refractivity contribution in [3.63, 3.8) is 0 Å². The Labute approximate surface area is 179 Å². The molecule has 0 aliphatic heterocycles. The van der Waals surface area contributed by atoms with Crippen LogP contribution in [0.3, 0.4) is 0 Å². The van der Waals surface area contributed by atoms with E-state index in [-0.39, 0.29) is 0 Å². The van der Waals surface area contributed by atoms with Gasteiger partial charge in [0.05, 0.1) is 11.2 Å². The lowest BCUT2D eigenvalue weighted by atomic mass is 9.96. The van der Waals surface area contributed by atoms with E-state index < -0.39 is 0 Å². The van der Waals surface area contributed by atoms with Crippen molar-refractivity contribution in [3.8, 4) is 16.8 Å². The van der Waals surface area contributed by atoms with Gasteiger partial charge in [0.15, 0.2) is 0 Å². The highest BCUT2D eigenvalue weighted by Crippen LogP contribution is 2.38. The number of rotatable bonds is 4. The van der Waals surface area contributed by atoms with Gasteiger partial charge in [-0.05, 0) is 48.2 Å². The molecular formula is C26H21N3S. The summed E-state index contributed by atoms with van der Waals surface area (Å²) < 4.78 is 1.95. The second-order valence-corrected chi connectivity index (χ2v) is 8.78. The van der Waals surface area contributed by atoms with E-state index in [4.69, 9.17) is 0 Å². The molecule has 0 saturated carbocycles. The summed E-state index contributed by atoms with van der Waals surface area (Å²) in [5.41, 5.74) is 8.65. The highest BCUT2D eigenvalue weighted by molar-refractivity contribution is 7.12. The lowest BCUT2D eigenvalue weighted by Gasteiger charge is -2.12. The predicted molar refractivity (Wildman–Crippen MR) is 126 cm³/mol. The second-order valence-electron chi connectivity index (χ2n) is 7.35. The van der Waals surface area contributed by atoms with E-state index >= 15 is 0 Å². The largest absolute Gasteiger partial charge is 0.211 e. The monoisotopic (exact) mass is 407 g/mol. The molecule has 3 nitrogen and oxygen atoms in total. The number of aryl methyl sites for hydroxylation is 2.